The Hall–Kier alpha value is -7.96. The molecule has 0 aromatic heterocycles. The molecule has 5 unspecified atom stereocenters. The summed E-state index contributed by atoms with van der Waals surface area (Å²) >= 11 is 1.15. The van der Waals surface area contributed by atoms with Crippen molar-refractivity contribution in [3.8, 4) is 0 Å². The van der Waals surface area contributed by atoms with Gasteiger partial charge in [-0.25, -0.2) is 24.0 Å². The molecule has 1 saturated heterocycles. The van der Waals surface area contributed by atoms with Crippen LogP contribution in [0.5, 0.6) is 0 Å². The number of carbonyl (C=O) groups excluding carboxylic acids is 5. The Balaban J connectivity index is 1.16. The molecule has 0 spiro atoms. The normalized spacial score (nSPS) is 17.4. The van der Waals surface area contributed by atoms with Crippen molar-refractivity contribution in [1.82, 2.24) is 0 Å². The van der Waals surface area contributed by atoms with Crippen LogP contribution < -0.4 is 0 Å². The Morgan fingerprint density at radius 2 is 0.846 bits per heavy atom. The van der Waals surface area contributed by atoms with Gasteiger partial charge in [0.05, 0.1) is 46.6 Å². The van der Waals surface area contributed by atoms with Crippen LogP contribution >= 0.6 is 11.8 Å². The van der Waals surface area contributed by atoms with Crippen LogP contribution in [0.3, 0.4) is 0 Å². The molecule has 16 heteroatoms. The third-order valence-corrected chi connectivity index (χ3v) is 13.3. The Labute approximate surface area is 456 Å². The fourth-order valence-corrected chi connectivity index (χ4v) is 8.94. The van der Waals surface area contributed by atoms with Crippen molar-refractivity contribution in [2.45, 2.75) is 73.4 Å². The van der Waals surface area contributed by atoms with Crippen LogP contribution in [0.15, 0.2) is 217 Å². The van der Waals surface area contributed by atoms with Crippen molar-refractivity contribution in [3.05, 3.63) is 246 Å². The van der Waals surface area contributed by atoms with Crippen LogP contribution in [-0.4, -0.2) is 105 Å². The average molecular weight is 1080 g/mol. The number of hydrogen-bond acceptors (Lipinski definition) is 16. The van der Waals surface area contributed by atoms with E-state index in [0.717, 1.165) is 17.3 Å². The van der Waals surface area contributed by atoms with Crippen molar-refractivity contribution in [1.29, 1.82) is 0 Å². The lowest BCUT2D eigenvalue weighted by atomic mass is 10.1. The van der Waals surface area contributed by atoms with E-state index in [1.54, 1.807) is 166 Å². The third-order valence-electron chi connectivity index (χ3n) is 12.1. The van der Waals surface area contributed by atoms with Gasteiger partial charge in [-0.1, -0.05) is 151 Å². The second kappa shape index (κ2) is 29.0. The lowest BCUT2D eigenvalue weighted by Gasteiger charge is -2.39. The summed E-state index contributed by atoms with van der Waals surface area (Å²) in [5.41, 5.74) is 0.704. The van der Waals surface area contributed by atoms with Crippen molar-refractivity contribution in [3.63, 3.8) is 0 Å². The van der Waals surface area contributed by atoms with E-state index < -0.39 is 104 Å². The van der Waals surface area contributed by atoms with Gasteiger partial charge in [0.15, 0.2) is 24.8 Å². The van der Waals surface area contributed by atoms with Crippen molar-refractivity contribution in [2.24, 2.45) is 0 Å². The first-order valence-corrected chi connectivity index (χ1v) is 26.1. The lowest BCUT2D eigenvalue weighted by Crippen LogP contribution is -2.51. The van der Waals surface area contributed by atoms with Gasteiger partial charge in [-0.05, 0) is 86.6 Å². The van der Waals surface area contributed by atoms with Gasteiger partial charge in [-0.2, -0.15) is 0 Å². The molecule has 0 aliphatic carbocycles. The molecule has 402 valence electrons. The summed E-state index contributed by atoms with van der Waals surface area (Å²) in [6, 6.07) is 59.9. The minimum absolute atomic E-state index is 0.0152. The van der Waals surface area contributed by atoms with Crippen LogP contribution in [0, 0.1) is 0 Å². The van der Waals surface area contributed by atoms with Crippen LogP contribution in [0.2, 0.25) is 0 Å². The first-order valence-electron chi connectivity index (χ1n) is 25.3. The number of carbonyl (C=O) groups is 5. The zero-order valence-electron chi connectivity index (χ0n) is 42.8. The highest BCUT2D eigenvalue weighted by atomic mass is 32.2. The van der Waals surface area contributed by atoms with Gasteiger partial charge >= 0.3 is 29.8 Å². The molecule has 0 radical (unpaired) electrons. The molecule has 0 saturated carbocycles. The molecule has 7 aromatic carbocycles. The SMILES string of the molecule is C[C@H]1OC(c2ccccc2)OCC1OC(O[C@H](C)C(COC(=O)c1ccccc1)OC(Sc1ccccc1)[C@H](COC(=O)c1ccccc1)OC(=O)c1ccccc1)[C@H](COC(=O)c1ccccc1)OC(=O)c1ccccc1. The maximum absolute atomic E-state index is 14.1. The zero-order valence-corrected chi connectivity index (χ0v) is 43.6. The van der Waals surface area contributed by atoms with E-state index in [0.29, 0.717) is 4.90 Å². The third kappa shape index (κ3) is 16.5. The quantitative estimate of drug-likeness (QED) is 0.0228. The van der Waals surface area contributed by atoms with Crippen LogP contribution in [-0.2, 0) is 47.4 Å². The summed E-state index contributed by atoms with van der Waals surface area (Å²) in [5, 5.41) is 0. The van der Waals surface area contributed by atoms with E-state index in [1.807, 2.05) is 60.7 Å². The topological polar surface area (TPSA) is 178 Å². The molecule has 1 aliphatic rings. The van der Waals surface area contributed by atoms with Crippen molar-refractivity contribution in [2.75, 3.05) is 26.4 Å². The fourth-order valence-electron chi connectivity index (χ4n) is 7.88. The van der Waals surface area contributed by atoms with Crippen LogP contribution in [0.4, 0.5) is 0 Å². The van der Waals surface area contributed by atoms with Gasteiger partial charge in [0, 0.05) is 10.5 Å². The summed E-state index contributed by atoms with van der Waals surface area (Å²) < 4.78 is 63.3. The highest BCUT2D eigenvalue weighted by Crippen LogP contribution is 2.33. The summed E-state index contributed by atoms with van der Waals surface area (Å²) in [4.78, 5) is 69.6. The van der Waals surface area contributed by atoms with Gasteiger partial charge in [0.25, 0.3) is 0 Å². The van der Waals surface area contributed by atoms with E-state index in [-0.39, 0.29) is 34.4 Å². The molecule has 78 heavy (non-hydrogen) atoms. The molecular formula is C62H58O15S. The molecule has 0 amide bonds. The minimum atomic E-state index is -1.58. The first kappa shape index (κ1) is 56.2. The molecule has 1 fully saturated rings. The highest BCUT2D eigenvalue weighted by molar-refractivity contribution is 7.99. The zero-order chi connectivity index (χ0) is 54.5. The van der Waals surface area contributed by atoms with E-state index >= 15 is 0 Å². The maximum atomic E-state index is 14.1. The number of esters is 5. The molecule has 0 bridgehead atoms. The predicted molar refractivity (Wildman–Crippen MR) is 287 cm³/mol. The largest absolute Gasteiger partial charge is 0.459 e. The Bertz CT molecular complexity index is 2960. The molecule has 15 nitrogen and oxygen atoms in total. The number of hydrogen-bond donors (Lipinski definition) is 0. The van der Waals surface area contributed by atoms with Crippen molar-refractivity contribution < 1.29 is 71.3 Å². The lowest BCUT2D eigenvalue weighted by molar-refractivity contribution is -0.314. The summed E-state index contributed by atoms with van der Waals surface area (Å²) in [7, 11) is 0. The van der Waals surface area contributed by atoms with Crippen LogP contribution in [0.25, 0.3) is 0 Å². The van der Waals surface area contributed by atoms with Crippen LogP contribution in [0.1, 0.15) is 77.5 Å². The Kier molecular flexibility index (Phi) is 20.9. The molecular weight excluding hydrogens is 1020 g/mol. The van der Waals surface area contributed by atoms with Gasteiger partial charge in [-0.15, -0.1) is 0 Å². The molecule has 1 aliphatic heterocycles. The smallest absolute Gasteiger partial charge is 0.338 e. The average Bonchev–Trinajstić information content (AvgIpc) is 3.49. The summed E-state index contributed by atoms with van der Waals surface area (Å²) in [6.07, 6.45) is -9.10. The Morgan fingerprint density at radius 3 is 1.28 bits per heavy atom. The molecule has 0 N–H and O–H groups in total. The fraction of sp³-hybridized carbons (Fsp3) is 0.242. The van der Waals surface area contributed by atoms with E-state index in [4.69, 9.17) is 47.4 Å². The number of ether oxygens (including phenoxy) is 10. The maximum Gasteiger partial charge on any atom is 0.338 e. The predicted octanol–water partition coefficient (Wildman–Crippen LogP) is 10.8. The number of rotatable bonds is 25. The first-order chi connectivity index (χ1) is 38.1. The number of benzene rings is 7. The Morgan fingerprint density at radius 1 is 0.474 bits per heavy atom. The van der Waals surface area contributed by atoms with E-state index in [2.05, 4.69) is 0 Å². The minimum Gasteiger partial charge on any atom is -0.459 e. The summed E-state index contributed by atoms with van der Waals surface area (Å²) in [5.74, 6) is -3.62. The number of thioether (sulfide) groups is 1. The highest BCUT2D eigenvalue weighted by Gasteiger charge is 2.41. The van der Waals surface area contributed by atoms with Gasteiger partial charge in [0.2, 0.25) is 0 Å². The van der Waals surface area contributed by atoms with E-state index in [1.165, 1.54) is 0 Å². The van der Waals surface area contributed by atoms with Gasteiger partial charge in [0.1, 0.15) is 37.5 Å². The molecule has 9 atom stereocenters. The molecule has 8 rings (SSSR count). The molecule has 1 heterocycles. The van der Waals surface area contributed by atoms with Crippen molar-refractivity contribution >= 4 is 41.6 Å². The van der Waals surface area contributed by atoms with Gasteiger partial charge < -0.3 is 47.4 Å². The second-order valence-corrected chi connectivity index (χ2v) is 19.0. The van der Waals surface area contributed by atoms with Gasteiger partial charge in [-0.3, -0.25) is 0 Å². The second-order valence-electron chi connectivity index (χ2n) is 17.8. The monoisotopic (exact) mass is 1070 g/mol. The van der Waals surface area contributed by atoms with E-state index in [9.17, 15) is 24.0 Å². The molecule has 7 aromatic rings. The standard InChI is InChI=1S/C62H58O15S/c1-42-51(39-71-60(72-42)49-34-20-8-21-35-49)76-61(53(74-58(66)47-30-16-6-17-31-47)40-69-56(64)45-26-12-4-13-27-45)73-43(2)52(38-68-55(63)44-24-10-3-11-25-44)77-62(78-50-36-22-9-23-37-50)54(75-59(67)48-32-18-7-19-33-48)41-70-57(65)46-28-14-5-15-29-46/h3-37,42-43,51-54,60-62H,38-41H2,1-2H3/t42-,43-,51?,52?,53+,54+,60?,61?,62?/m1/s1. The summed E-state index contributed by atoms with van der Waals surface area (Å²) in [6.45, 7) is 1.88.